The van der Waals surface area contributed by atoms with Gasteiger partial charge in [0.05, 0.1) is 33.9 Å². The maximum absolute atomic E-state index is 13.9. The molecule has 0 spiro atoms. The first-order valence-electron chi connectivity index (χ1n) is 10.3. The van der Waals surface area contributed by atoms with Crippen LogP contribution in [0.15, 0.2) is 56.7 Å². The number of benzene rings is 2. The number of aromatic nitrogens is 2. The summed E-state index contributed by atoms with van der Waals surface area (Å²) in [6.07, 6.45) is 1.63. The molecule has 34 heavy (non-hydrogen) atoms. The second kappa shape index (κ2) is 8.47. The van der Waals surface area contributed by atoms with Crippen molar-refractivity contribution in [2.75, 3.05) is 6.54 Å². The van der Waals surface area contributed by atoms with Gasteiger partial charge in [-0.25, -0.2) is 9.37 Å². The van der Waals surface area contributed by atoms with Gasteiger partial charge in [-0.1, -0.05) is 11.6 Å². The predicted molar refractivity (Wildman–Crippen MR) is 122 cm³/mol. The van der Waals surface area contributed by atoms with Crippen molar-refractivity contribution in [1.82, 2.24) is 14.9 Å². The Morgan fingerprint density at radius 2 is 2.00 bits per heavy atom. The monoisotopic (exact) mass is 482 g/mol. The third-order valence-electron chi connectivity index (χ3n) is 5.75. The van der Waals surface area contributed by atoms with Crippen molar-refractivity contribution >= 4 is 28.3 Å². The van der Waals surface area contributed by atoms with E-state index in [2.05, 4.69) is 9.97 Å². The Morgan fingerprint density at radius 3 is 2.74 bits per heavy atom. The highest BCUT2D eigenvalue weighted by molar-refractivity contribution is 6.30. The quantitative estimate of drug-likeness (QED) is 0.346. The molecule has 0 atom stereocenters. The Kier molecular flexibility index (Phi) is 5.46. The summed E-state index contributed by atoms with van der Waals surface area (Å²) in [6, 6.07) is 8.62. The van der Waals surface area contributed by atoms with Crippen molar-refractivity contribution in [3.8, 4) is 11.4 Å². The van der Waals surface area contributed by atoms with E-state index in [1.165, 1.54) is 0 Å². The van der Waals surface area contributed by atoms with Gasteiger partial charge >= 0.3 is 5.69 Å². The minimum absolute atomic E-state index is 0.125. The molecule has 172 valence electrons. The number of aromatic amines is 1. The number of nitrogens with one attached hydrogen (secondary N) is 1. The first-order chi connectivity index (χ1) is 16.3. The van der Waals surface area contributed by atoms with E-state index in [1.54, 1.807) is 24.3 Å². The largest absolute Gasteiger partial charge is 0.456 e. The van der Waals surface area contributed by atoms with Crippen LogP contribution in [-0.4, -0.2) is 26.3 Å². The van der Waals surface area contributed by atoms with Crippen LogP contribution in [0.3, 0.4) is 0 Å². The zero-order chi connectivity index (χ0) is 24.0. The van der Waals surface area contributed by atoms with E-state index in [0.717, 1.165) is 17.9 Å². The molecular formula is C23H16ClFN4O5. The molecule has 5 rings (SSSR count). The van der Waals surface area contributed by atoms with Gasteiger partial charge in [0, 0.05) is 42.2 Å². The third kappa shape index (κ3) is 3.97. The second-order valence-corrected chi connectivity index (χ2v) is 8.39. The summed E-state index contributed by atoms with van der Waals surface area (Å²) >= 11 is 5.93. The average molecular weight is 483 g/mol. The molecule has 9 nitrogen and oxygen atoms in total. The number of hydrogen-bond donors (Lipinski definition) is 1. The Morgan fingerprint density at radius 1 is 1.24 bits per heavy atom. The molecule has 11 heteroatoms. The first-order valence-corrected chi connectivity index (χ1v) is 10.7. The number of H-pyrrole nitrogens is 1. The molecule has 0 aliphatic carbocycles. The standard InChI is InChI=1S/C23H16ClFN4O5/c24-14-3-1-12(2-4-14)22-26-18-5-6-28(10-17(18)23(31)27-22)9-13-11-34-21-16(20(13)30)7-15(25)8-19(21)29(32)33/h1-4,7-8,11H,5-6,9-10H2,(H,26,27,31). The number of non-ortho nitro benzene ring substituents is 1. The topological polar surface area (TPSA) is 122 Å². The van der Waals surface area contributed by atoms with Crippen molar-refractivity contribution in [2.24, 2.45) is 0 Å². The smallest absolute Gasteiger partial charge is 0.315 e. The zero-order valence-corrected chi connectivity index (χ0v) is 18.3. The summed E-state index contributed by atoms with van der Waals surface area (Å²) in [4.78, 5) is 45.3. The molecule has 0 bridgehead atoms. The van der Waals surface area contributed by atoms with E-state index in [4.69, 9.17) is 16.0 Å². The molecule has 3 heterocycles. The van der Waals surface area contributed by atoms with Gasteiger partial charge in [0.1, 0.15) is 11.6 Å². The molecule has 1 aliphatic rings. The summed E-state index contributed by atoms with van der Waals surface area (Å²) in [5.41, 5.74) is 0.394. The van der Waals surface area contributed by atoms with E-state index in [1.807, 2.05) is 4.90 Å². The van der Waals surface area contributed by atoms with Crippen LogP contribution >= 0.6 is 11.6 Å². The van der Waals surface area contributed by atoms with E-state index < -0.39 is 21.9 Å². The first kappa shape index (κ1) is 21.9. The average Bonchev–Trinajstić information content (AvgIpc) is 2.81. The van der Waals surface area contributed by atoms with Gasteiger partial charge in [-0.2, -0.15) is 0 Å². The highest BCUT2D eigenvalue weighted by atomic mass is 35.5. The molecule has 1 aliphatic heterocycles. The van der Waals surface area contributed by atoms with Gasteiger partial charge in [0.2, 0.25) is 5.58 Å². The maximum atomic E-state index is 13.9. The van der Waals surface area contributed by atoms with Gasteiger partial charge in [-0.3, -0.25) is 24.6 Å². The Bertz CT molecular complexity index is 1570. The maximum Gasteiger partial charge on any atom is 0.315 e. The van der Waals surface area contributed by atoms with Crippen LogP contribution in [0.25, 0.3) is 22.4 Å². The highest BCUT2D eigenvalue weighted by Gasteiger charge is 2.24. The van der Waals surface area contributed by atoms with Gasteiger partial charge in [0.15, 0.2) is 5.43 Å². The molecule has 2 aromatic carbocycles. The van der Waals surface area contributed by atoms with E-state index >= 15 is 0 Å². The molecule has 0 saturated carbocycles. The number of halogens is 2. The normalized spacial score (nSPS) is 13.7. The molecule has 1 N–H and O–H groups in total. The lowest BCUT2D eigenvalue weighted by Crippen LogP contribution is -2.36. The molecule has 2 aromatic heterocycles. The van der Waals surface area contributed by atoms with Crippen LogP contribution in [0.2, 0.25) is 5.02 Å². The van der Waals surface area contributed by atoms with Crippen molar-refractivity contribution in [1.29, 1.82) is 0 Å². The van der Waals surface area contributed by atoms with Crippen LogP contribution in [0.4, 0.5) is 10.1 Å². The minimum Gasteiger partial charge on any atom is -0.456 e. The van der Waals surface area contributed by atoms with Gasteiger partial charge in [0.25, 0.3) is 5.56 Å². The number of hydrogen-bond acceptors (Lipinski definition) is 7. The Balaban J connectivity index is 1.43. The number of nitro benzene ring substituents is 1. The Labute approximate surface area is 195 Å². The molecule has 0 fully saturated rings. The fraction of sp³-hybridized carbons (Fsp3) is 0.174. The van der Waals surface area contributed by atoms with E-state index in [9.17, 15) is 24.1 Å². The lowest BCUT2D eigenvalue weighted by atomic mass is 10.1. The SMILES string of the molecule is O=c1[nH]c(-c2ccc(Cl)cc2)nc2c1CN(Cc1coc3c([N+](=O)[O-])cc(F)cc3c1=O)CC2. The minimum atomic E-state index is -0.898. The summed E-state index contributed by atoms with van der Waals surface area (Å²) in [5.74, 6) is -0.447. The molecule has 0 radical (unpaired) electrons. The second-order valence-electron chi connectivity index (χ2n) is 7.96. The summed E-state index contributed by atoms with van der Waals surface area (Å²) in [7, 11) is 0. The number of nitrogens with zero attached hydrogens (tertiary/aromatic N) is 3. The highest BCUT2D eigenvalue weighted by Crippen LogP contribution is 2.26. The number of fused-ring (bicyclic) bond motifs is 2. The lowest BCUT2D eigenvalue weighted by Gasteiger charge is -2.27. The lowest BCUT2D eigenvalue weighted by molar-refractivity contribution is -0.383. The van der Waals surface area contributed by atoms with E-state index in [-0.39, 0.29) is 35.2 Å². The van der Waals surface area contributed by atoms with Crippen molar-refractivity contribution < 1.29 is 13.7 Å². The molecule has 0 amide bonds. The van der Waals surface area contributed by atoms with Crippen LogP contribution in [0, 0.1) is 15.9 Å². The fourth-order valence-electron chi connectivity index (χ4n) is 4.07. The number of nitro groups is 1. The summed E-state index contributed by atoms with van der Waals surface area (Å²) in [6.45, 7) is 0.893. The fourth-order valence-corrected chi connectivity index (χ4v) is 4.20. The molecule has 0 unspecified atom stereocenters. The van der Waals surface area contributed by atoms with Crippen molar-refractivity contribution in [2.45, 2.75) is 19.5 Å². The predicted octanol–water partition coefficient (Wildman–Crippen LogP) is 3.80. The Hall–Kier alpha value is -3.89. The molecular weight excluding hydrogens is 467 g/mol. The third-order valence-corrected chi connectivity index (χ3v) is 6.00. The van der Waals surface area contributed by atoms with Crippen LogP contribution in [0.5, 0.6) is 0 Å². The van der Waals surface area contributed by atoms with Crippen LogP contribution < -0.4 is 11.0 Å². The number of rotatable bonds is 4. The molecule has 0 saturated heterocycles. The van der Waals surface area contributed by atoms with Crippen LogP contribution in [-0.2, 0) is 19.5 Å². The van der Waals surface area contributed by atoms with E-state index in [0.29, 0.717) is 41.1 Å². The summed E-state index contributed by atoms with van der Waals surface area (Å²) in [5, 5.41) is 11.6. The van der Waals surface area contributed by atoms with Crippen molar-refractivity contribution in [3.05, 3.63) is 101 Å². The summed E-state index contributed by atoms with van der Waals surface area (Å²) < 4.78 is 19.2. The van der Waals surface area contributed by atoms with Crippen LogP contribution in [0.1, 0.15) is 16.8 Å². The van der Waals surface area contributed by atoms with Gasteiger partial charge < -0.3 is 9.40 Å². The molecule has 4 aromatic rings. The van der Waals surface area contributed by atoms with Gasteiger partial charge in [-0.15, -0.1) is 0 Å². The zero-order valence-electron chi connectivity index (χ0n) is 17.5. The van der Waals surface area contributed by atoms with Gasteiger partial charge in [-0.05, 0) is 30.3 Å². The van der Waals surface area contributed by atoms with Crippen molar-refractivity contribution in [3.63, 3.8) is 0 Å².